The van der Waals surface area contributed by atoms with E-state index >= 15 is 0 Å². The minimum atomic E-state index is -0.390. The third-order valence-electron chi connectivity index (χ3n) is 3.29. The predicted octanol–water partition coefficient (Wildman–Crippen LogP) is 1.67. The molecular formula is C18H20N4O4. The summed E-state index contributed by atoms with van der Waals surface area (Å²) in [6, 6.07) is 9.68. The van der Waals surface area contributed by atoms with Gasteiger partial charge in [-0.05, 0) is 30.3 Å². The molecule has 1 aromatic carbocycles. The summed E-state index contributed by atoms with van der Waals surface area (Å²) >= 11 is 0. The average molecular weight is 356 g/mol. The molecule has 0 saturated heterocycles. The van der Waals surface area contributed by atoms with Crippen LogP contribution < -0.4 is 16.0 Å². The van der Waals surface area contributed by atoms with Gasteiger partial charge in [-0.15, -0.1) is 0 Å². The summed E-state index contributed by atoms with van der Waals surface area (Å²) in [6.07, 6.45) is 1.40. The summed E-state index contributed by atoms with van der Waals surface area (Å²) in [6.45, 7) is 2.14. The van der Waals surface area contributed by atoms with Crippen molar-refractivity contribution >= 4 is 29.1 Å². The van der Waals surface area contributed by atoms with Crippen LogP contribution in [0.15, 0.2) is 42.6 Å². The minimum Gasteiger partial charge on any atom is -0.383 e. The van der Waals surface area contributed by atoms with Gasteiger partial charge < -0.3 is 20.7 Å². The number of amides is 3. The minimum absolute atomic E-state index is 0.140. The Balaban J connectivity index is 2.07. The topological polar surface area (TPSA) is 109 Å². The Morgan fingerprint density at radius 3 is 2.46 bits per heavy atom. The lowest BCUT2D eigenvalue weighted by Crippen LogP contribution is -2.28. The molecule has 0 atom stereocenters. The predicted molar refractivity (Wildman–Crippen MR) is 97.1 cm³/mol. The molecule has 2 rings (SSSR count). The van der Waals surface area contributed by atoms with Gasteiger partial charge >= 0.3 is 0 Å². The van der Waals surface area contributed by atoms with Gasteiger partial charge in [0.2, 0.25) is 5.91 Å². The fourth-order valence-electron chi connectivity index (χ4n) is 2.13. The third kappa shape index (κ3) is 5.67. The van der Waals surface area contributed by atoms with Crippen LogP contribution in [-0.4, -0.2) is 43.0 Å². The lowest BCUT2D eigenvalue weighted by atomic mass is 10.2. The van der Waals surface area contributed by atoms with Gasteiger partial charge in [-0.2, -0.15) is 0 Å². The number of pyridine rings is 1. The van der Waals surface area contributed by atoms with E-state index in [1.165, 1.54) is 32.4 Å². The van der Waals surface area contributed by atoms with E-state index in [2.05, 4.69) is 20.9 Å². The van der Waals surface area contributed by atoms with Crippen LogP contribution in [0.2, 0.25) is 0 Å². The molecule has 8 heteroatoms. The number of anilines is 2. The molecular weight excluding hydrogens is 336 g/mol. The van der Waals surface area contributed by atoms with Crippen LogP contribution in [-0.2, 0) is 9.53 Å². The molecule has 2 aromatic rings. The van der Waals surface area contributed by atoms with E-state index < -0.39 is 5.91 Å². The molecule has 0 unspecified atom stereocenters. The van der Waals surface area contributed by atoms with Crippen LogP contribution in [0.25, 0.3) is 0 Å². The number of benzene rings is 1. The fourth-order valence-corrected chi connectivity index (χ4v) is 2.13. The molecule has 0 aliphatic carbocycles. The first kappa shape index (κ1) is 19.1. The van der Waals surface area contributed by atoms with Gasteiger partial charge in [-0.1, -0.05) is 6.07 Å². The molecule has 26 heavy (non-hydrogen) atoms. The normalized spacial score (nSPS) is 10.1. The zero-order valence-electron chi connectivity index (χ0n) is 14.5. The maximum Gasteiger partial charge on any atom is 0.269 e. The molecule has 1 aromatic heterocycles. The average Bonchev–Trinajstić information content (AvgIpc) is 2.61. The van der Waals surface area contributed by atoms with Gasteiger partial charge in [0.05, 0.1) is 6.61 Å². The molecule has 0 aliphatic rings. The van der Waals surface area contributed by atoms with Crippen molar-refractivity contribution in [1.82, 2.24) is 10.3 Å². The summed E-state index contributed by atoms with van der Waals surface area (Å²) in [5.74, 6) is -0.977. The zero-order valence-corrected chi connectivity index (χ0v) is 14.5. The molecule has 1 heterocycles. The van der Waals surface area contributed by atoms with E-state index in [9.17, 15) is 14.4 Å². The van der Waals surface area contributed by atoms with Crippen molar-refractivity contribution in [3.8, 4) is 0 Å². The smallest absolute Gasteiger partial charge is 0.269 e. The summed E-state index contributed by atoms with van der Waals surface area (Å²) in [5.41, 5.74) is 1.52. The Labute approximate surface area is 151 Å². The second-order valence-corrected chi connectivity index (χ2v) is 5.39. The highest BCUT2D eigenvalue weighted by molar-refractivity contribution is 6.06. The van der Waals surface area contributed by atoms with Crippen molar-refractivity contribution in [1.29, 1.82) is 0 Å². The summed E-state index contributed by atoms with van der Waals surface area (Å²) < 4.78 is 4.86. The second-order valence-electron chi connectivity index (χ2n) is 5.39. The van der Waals surface area contributed by atoms with E-state index in [1.807, 2.05) is 0 Å². The van der Waals surface area contributed by atoms with E-state index in [1.54, 1.807) is 24.3 Å². The van der Waals surface area contributed by atoms with Gasteiger partial charge in [-0.25, -0.2) is 0 Å². The number of methoxy groups -OCH3 is 1. The molecule has 0 spiro atoms. The first-order chi connectivity index (χ1) is 12.5. The Bertz CT molecular complexity index is 807. The van der Waals surface area contributed by atoms with Crippen molar-refractivity contribution in [3.63, 3.8) is 0 Å². The van der Waals surface area contributed by atoms with Crippen LogP contribution in [0.4, 0.5) is 11.4 Å². The number of ether oxygens (including phenoxy) is 1. The molecule has 0 radical (unpaired) electrons. The largest absolute Gasteiger partial charge is 0.383 e. The highest BCUT2D eigenvalue weighted by Gasteiger charge is 2.12. The number of aromatic nitrogens is 1. The van der Waals surface area contributed by atoms with E-state index in [4.69, 9.17) is 4.74 Å². The van der Waals surface area contributed by atoms with Crippen molar-refractivity contribution in [3.05, 3.63) is 53.9 Å². The fraction of sp³-hybridized carbons (Fsp3) is 0.222. The molecule has 136 valence electrons. The van der Waals surface area contributed by atoms with Crippen LogP contribution in [0.5, 0.6) is 0 Å². The van der Waals surface area contributed by atoms with Crippen molar-refractivity contribution in [2.24, 2.45) is 0 Å². The standard InChI is InChI=1S/C18H20N4O4/c1-12(23)21-14-4-3-5-15(11-14)22-17(24)13-6-7-19-16(10-13)18(25)20-8-9-26-2/h3-7,10-11H,8-9H2,1-2H3,(H,20,25)(H,21,23)(H,22,24). The Morgan fingerprint density at radius 2 is 1.77 bits per heavy atom. The van der Waals surface area contributed by atoms with E-state index in [0.717, 1.165) is 0 Å². The first-order valence-corrected chi connectivity index (χ1v) is 7.92. The lowest BCUT2D eigenvalue weighted by molar-refractivity contribution is -0.114. The summed E-state index contributed by atoms with van der Waals surface area (Å²) in [7, 11) is 1.54. The Kier molecular flexibility index (Phi) is 6.81. The van der Waals surface area contributed by atoms with Gasteiger partial charge in [0.1, 0.15) is 5.69 Å². The van der Waals surface area contributed by atoms with Crippen LogP contribution in [0.1, 0.15) is 27.8 Å². The summed E-state index contributed by atoms with van der Waals surface area (Å²) in [5, 5.41) is 8.01. The van der Waals surface area contributed by atoms with Gasteiger partial charge in [0, 0.05) is 43.7 Å². The number of carbonyl (C=O) groups excluding carboxylic acids is 3. The number of hydrogen-bond donors (Lipinski definition) is 3. The van der Waals surface area contributed by atoms with E-state index in [0.29, 0.717) is 30.1 Å². The maximum absolute atomic E-state index is 12.4. The lowest BCUT2D eigenvalue weighted by Gasteiger charge is -2.09. The molecule has 3 amide bonds. The Morgan fingerprint density at radius 1 is 1.04 bits per heavy atom. The number of nitrogens with one attached hydrogen (secondary N) is 3. The molecule has 8 nitrogen and oxygen atoms in total. The molecule has 0 aliphatic heterocycles. The number of nitrogens with zero attached hydrogens (tertiary/aromatic N) is 1. The van der Waals surface area contributed by atoms with Crippen molar-refractivity contribution in [2.75, 3.05) is 30.9 Å². The van der Waals surface area contributed by atoms with Gasteiger partial charge in [-0.3, -0.25) is 19.4 Å². The quantitative estimate of drug-likeness (QED) is 0.654. The van der Waals surface area contributed by atoms with Gasteiger partial charge in [0.25, 0.3) is 11.8 Å². The third-order valence-corrected chi connectivity index (χ3v) is 3.29. The van der Waals surface area contributed by atoms with E-state index in [-0.39, 0.29) is 17.5 Å². The number of carbonyl (C=O) groups is 3. The van der Waals surface area contributed by atoms with Crippen LogP contribution in [0, 0.1) is 0 Å². The molecule has 0 saturated carbocycles. The first-order valence-electron chi connectivity index (χ1n) is 7.92. The number of hydrogen-bond acceptors (Lipinski definition) is 5. The monoisotopic (exact) mass is 356 g/mol. The van der Waals surface area contributed by atoms with Crippen molar-refractivity contribution in [2.45, 2.75) is 6.92 Å². The molecule has 3 N–H and O–H groups in total. The highest BCUT2D eigenvalue weighted by atomic mass is 16.5. The Hall–Kier alpha value is -3.26. The zero-order chi connectivity index (χ0) is 18.9. The highest BCUT2D eigenvalue weighted by Crippen LogP contribution is 2.16. The SMILES string of the molecule is COCCNC(=O)c1cc(C(=O)Nc2cccc(NC(C)=O)c2)ccn1. The van der Waals surface area contributed by atoms with Crippen LogP contribution in [0.3, 0.4) is 0 Å². The maximum atomic E-state index is 12.4. The van der Waals surface area contributed by atoms with Crippen molar-refractivity contribution < 1.29 is 19.1 Å². The van der Waals surface area contributed by atoms with Crippen LogP contribution >= 0.6 is 0 Å². The summed E-state index contributed by atoms with van der Waals surface area (Å²) in [4.78, 5) is 39.5. The molecule has 0 fully saturated rings. The number of rotatable bonds is 7. The molecule has 0 bridgehead atoms. The van der Waals surface area contributed by atoms with Gasteiger partial charge in [0.15, 0.2) is 0 Å². The second kappa shape index (κ2) is 9.28.